The average molecular weight is 394 g/mol. The average Bonchev–Trinajstić information content (AvgIpc) is 3.01. The highest BCUT2D eigenvalue weighted by molar-refractivity contribution is 7.84. The van der Waals surface area contributed by atoms with Crippen LogP contribution in [0.2, 0.25) is 0 Å². The van der Waals surface area contributed by atoms with Crippen molar-refractivity contribution >= 4 is 16.0 Å². The Morgan fingerprint density at radius 3 is 2.70 bits per heavy atom. The summed E-state index contributed by atoms with van der Waals surface area (Å²) in [6, 6.07) is 3.40. The highest BCUT2D eigenvalue weighted by Crippen LogP contribution is 2.61. The summed E-state index contributed by atoms with van der Waals surface area (Å²) in [5.41, 5.74) is 2.72. The van der Waals surface area contributed by atoms with Gasteiger partial charge in [0, 0.05) is 5.56 Å². The van der Waals surface area contributed by atoms with E-state index in [-0.39, 0.29) is 5.75 Å². The lowest BCUT2D eigenvalue weighted by atomic mass is 9.55. The third kappa shape index (κ3) is 3.08. The Morgan fingerprint density at radius 1 is 1.26 bits per heavy atom. The molecule has 3 aliphatic rings. The second kappa shape index (κ2) is 6.38. The maximum Gasteiger partial charge on any atom is 0.380 e. The normalized spacial score (nSPS) is 33.9. The first-order valence-corrected chi connectivity index (χ1v) is 10.9. The number of fused-ring (bicyclic) bond motifs is 5. The van der Waals surface area contributed by atoms with Gasteiger partial charge in [0.15, 0.2) is 11.5 Å². The van der Waals surface area contributed by atoms with Crippen molar-refractivity contribution < 1.29 is 22.5 Å². The van der Waals surface area contributed by atoms with E-state index in [2.05, 4.69) is 12.1 Å². The second-order valence-corrected chi connectivity index (χ2v) is 9.53. The molecule has 7 nitrogen and oxygen atoms in total. The van der Waals surface area contributed by atoms with Crippen LogP contribution in [0.25, 0.3) is 0 Å². The van der Waals surface area contributed by atoms with Gasteiger partial charge in [-0.3, -0.25) is 0 Å². The van der Waals surface area contributed by atoms with Crippen LogP contribution in [-0.4, -0.2) is 26.4 Å². The van der Waals surface area contributed by atoms with E-state index in [1.54, 1.807) is 6.07 Å². The molecule has 3 N–H and O–H groups in total. The number of nitrogens with two attached hydrogens (primary N) is 1. The molecule has 0 saturated heterocycles. The summed E-state index contributed by atoms with van der Waals surface area (Å²) in [5.74, 6) is 1.73. The summed E-state index contributed by atoms with van der Waals surface area (Å²) in [5, 5.41) is 18.2. The molecule has 2 fully saturated rings. The first kappa shape index (κ1) is 18.6. The van der Waals surface area contributed by atoms with Gasteiger partial charge in [0.05, 0.1) is 12.8 Å². The molecule has 27 heavy (non-hydrogen) atoms. The fraction of sp³-hybridized carbons (Fsp3) is 0.632. The van der Waals surface area contributed by atoms with E-state index in [0.717, 1.165) is 17.5 Å². The molecular formula is C19H26N2O5S. The van der Waals surface area contributed by atoms with Gasteiger partial charge in [-0.15, -0.1) is 0 Å². The largest absolute Gasteiger partial charge is 0.493 e. The summed E-state index contributed by atoms with van der Waals surface area (Å²) in [4.78, 5) is 0. The number of hydrogen-bond acceptors (Lipinski definition) is 6. The van der Waals surface area contributed by atoms with Crippen LogP contribution in [0.5, 0.6) is 11.5 Å². The molecule has 1 aromatic rings. The van der Waals surface area contributed by atoms with Crippen molar-refractivity contribution in [2.75, 3.05) is 7.11 Å². The number of ether oxygens (including phenoxy) is 1. The number of hydrogen-bond donors (Lipinski definition) is 2. The third-order valence-corrected chi connectivity index (χ3v) is 7.43. The van der Waals surface area contributed by atoms with Crippen molar-refractivity contribution in [1.82, 2.24) is 0 Å². The Morgan fingerprint density at radius 2 is 2.04 bits per heavy atom. The van der Waals surface area contributed by atoms with Gasteiger partial charge in [0.1, 0.15) is 0 Å². The molecule has 0 heterocycles. The van der Waals surface area contributed by atoms with Crippen LogP contribution in [-0.2, 0) is 10.3 Å². The minimum atomic E-state index is -4.19. The second-order valence-electron chi connectivity index (χ2n) is 8.38. The maximum absolute atomic E-state index is 11.4. The lowest BCUT2D eigenvalue weighted by Gasteiger charge is -2.49. The van der Waals surface area contributed by atoms with Crippen molar-refractivity contribution in [3.63, 3.8) is 0 Å². The van der Waals surface area contributed by atoms with Gasteiger partial charge in [-0.1, -0.05) is 18.5 Å². The smallest absolute Gasteiger partial charge is 0.380 e. The highest BCUT2D eigenvalue weighted by atomic mass is 32.2. The molecule has 4 rings (SSSR count). The van der Waals surface area contributed by atoms with E-state index in [9.17, 15) is 13.6 Å². The first-order chi connectivity index (χ1) is 12.8. The van der Waals surface area contributed by atoms with Gasteiger partial charge in [-0.05, 0) is 73.0 Å². The predicted molar refractivity (Wildman–Crippen MR) is 101 cm³/mol. The molecule has 1 aromatic carbocycles. The molecule has 8 heteroatoms. The summed E-state index contributed by atoms with van der Waals surface area (Å²) >= 11 is 0. The Kier molecular flexibility index (Phi) is 4.38. The zero-order valence-electron chi connectivity index (χ0n) is 15.6. The molecule has 0 aromatic heterocycles. The molecule has 3 aliphatic carbocycles. The van der Waals surface area contributed by atoms with Gasteiger partial charge < -0.3 is 14.1 Å². The molecule has 2 saturated carbocycles. The Labute approximate surface area is 159 Å². The van der Waals surface area contributed by atoms with E-state index < -0.39 is 10.3 Å². The van der Waals surface area contributed by atoms with Crippen LogP contribution >= 0.6 is 0 Å². The van der Waals surface area contributed by atoms with E-state index >= 15 is 0 Å². The van der Waals surface area contributed by atoms with Gasteiger partial charge in [-0.25, -0.2) is 0 Å². The summed E-state index contributed by atoms with van der Waals surface area (Å²) in [7, 11) is -2.72. The standard InChI is InChI=1S/C19H26N2O5S/c1-19-6-3-4-15(19)13-8-16(21-22)14-10-18(26-27(20,23)24)17(25-2)9-12(14)11(13)5-7-19/h9-11,13,15,22H,3-8H2,1-2H3,(H2,20,23,24)/b21-16+/t11?,13?,15?,19-/m0/s1. The van der Waals surface area contributed by atoms with E-state index in [1.807, 2.05) is 6.07 Å². The first-order valence-electron chi connectivity index (χ1n) is 9.41. The lowest BCUT2D eigenvalue weighted by Crippen LogP contribution is -2.41. The molecule has 0 spiro atoms. The van der Waals surface area contributed by atoms with Gasteiger partial charge in [0.25, 0.3) is 0 Å². The van der Waals surface area contributed by atoms with Crippen molar-refractivity contribution in [3.8, 4) is 11.5 Å². The molecule has 0 amide bonds. The van der Waals surface area contributed by atoms with Crippen LogP contribution in [0.15, 0.2) is 17.3 Å². The highest BCUT2D eigenvalue weighted by Gasteiger charge is 2.51. The van der Waals surface area contributed by atoms with E-state index in [4.69, 9.17) is 14.1 Å². The zero-order chi connectivity index (χ0) is 19.4. The molecule has 0 bridgehead atoms. The number of benzene rings is 1. The summed E-state index contributed by atoms with van der Waals surface area (Å²) in [6.45, 7) is 2.40. The maximum atomic E-state index is 11.4. The SMILES string of the molecule is COc1cc2c(cc1OS(N)(=O)=O)/C(=N/O)CC1C2CC[C@]2(C)CCCC12. The minimum absolute atomic E-state index is 0.0138. The van der Waals surface area contributed by atoms with Crippen molar-refractivity contribution in [3.05, 3.63) is 23.3 Å². The summed E-state index contributed by atoms with van der Waals surface area (Å²) in [6.07, 6.45) is 6.69. The predicted octanol–water partition coefficient (Wildman–Crippen LogP) is 3.16. The minimum Gasteiger partial charge on any atom is -0.493 e. The molecule has 3 unspecified atom stereocenters. The number of oxime groups is 1. The van der Waals surface area contributed by atoms with Crippen LogP contribution in [0.1, 0.15) is 62.5 Å². The van der Waals surface area contributed by atoms with Crippen molar-refractivity contribution in [2.45, 2.75) is 51.4 Å². The van der Waals surface area contributed by atoms with Crippen molar-refractivity contribution in [1.29, 1.82) is 0 Å². The van der Waals surface area contributed by atoms with Crippen molar-refractivity contribution in [2.24, 2.45) is 27.5 Å². The number of rotatable bonds is 3. The van der Waals surface area contributed by atoms with Crippen LogP contribution < -0.4 is 14.1 Å². The van der Waals surface area contributed by atoms with E-state index in [0.29, 0.717) is 41.1 Å². The molecule has 4 atom stereocenters. The van der Waals surface area contributed by atoms with Gasteiger partial charge in [0.2, 0.25) is 0 Å². The van der Waals surface area contributed by atoms with Crippen LogP contribution in [0.4, 0.5) is 0 Å². The molecule has 0 aliphatic heterocycles. The molecule has 0 radical (unpaired) electrons. The third-order valence-electron chi connectivity index (χ3n) is 7.02. The topological polar surface area (TPSA) is 111 Å². The zero-order valence-corrected chi connectivity index (χ0v) is 16.5. The lowest BCUT2D eigenvalue weighted by molar-refractivity contribution is 0.0712. The number of nitrogens with zero attached hydrogens (tertiary/aromatic N) is 1. The van der Waals surface area contributed by atoms with Gasteiger partial charge in [-0.2, -0.15) is 13.6 Å². The van der Waals surface area contributed by atoms with Crippen LogP contribution in [0.3, 0.4) is 0 Å². The fourth-order valence-electron chi connectivity index (χ4n) is 5.86. The van der Waals surface area contributed by atoms with E-state index in [1.165, 1.54) is 32.8 Å². The van der Waals surface area contributed by atoms with Crippen LogP contribution in [0, 0.1) is 17.3 Å². The quantitative estimate of drug-likeness (QED) is 0.604. The fourth-order valence-corrected chi connectivity index (χ4v) is 6.24. The Bertz CT molecular complexity index is 898. The summed E-state index contributed by atoms with van der Waals surface area (Å²) < 4.78 is 33.1. The number of methoxy groups -OCH3 is 1. The Hall–Kier alpha value is -1.80. The molecular weight excluding hydrogens is 368 g/mol. The monoisotopic (exact) mass is 394 g/mol. The Balaban J connectivity index is 1.81. The van der Waals surface area contributed by atoms with Gasteiger partial charge >= 0.3 is 10.3 Å². The molecule has 148 valence electrons.